The van der Waals surface area contributed by atoms with Gasteiger partial charge in [-0.05, 0) is 31.2 Å². The maximum Gasteiger partial charge on any atom is 0.228 e. The zero-order chi connectivity index (χ0) is 14.4. The van der Waals surface area contributed by atoms with Crippen LogP contribution in [-0.2, 0) is 6.42 Å². The molecule has 0 bridgehead atoms. The summed E-state index contributed by atoms with van der Waals surface area (Å²) in [5, 5.41) is 6.70. The van der Waals surface area contributed by atoms with Gasteiger partial charge in [0.2, 0.25) is 5.89 Å². The van der Waals surface area contributed by atoms with Crippen LogP contribution in [0.25, 0.3) is 0 Å². The number of methoxy groups -OCH3 is 1. The predicted molar refractivity (Wildman–Crippen MR) is 75.8 cm³/mol. The summed E-state index contributed by atoms with van der Waals surface area (Å²) >= 11 is 0. The molecule has 0 spiro atoms. The first kappa shape index (κ1) is 13.9. The second kappa shape index (κ2) is 6.55. The zero-order valence-electron chi connectivity index (χ0n) is 11.5. The number of aryl methyl sites for hydroxylation is 1. The van der Waals surface area contributed by atoms with Gasteiger partial charge in [0.1, 0.15) is 5.75 Å². The number of nitrogens with zero attached hydrogens (tertiary/aromatic N) is 3. The first-order chi connectivity index (χ1) is 9.67. The highest BCUT2D eigenvalue weighted by molar-refractivity contribution is 5.92. The molecule has 1 heterocycles. The molecule has 1 aromatic carbocycles. The van der Waals surface area contributed by atoms with Crippen molar-refractivity contribution in [3.8, 4) is 5.75 Å². The highest BCUT2D eigenvalue weighted by Crippen LogP contribution is 2.14. The number of nitrogens with two attached hydrogens (primary N) is 1. The molecule has 0 saturated carbocycles. The van der Waals surface area contributed by atoms with Crippen LogP contribution in [0.4, 0.5) is 5.69 Å². The summed E-state index contributed by atoms with van der Waals surface area (Å²) in [6.07, 6.45) is 0.561. The van der Waals surface area contributed by atoms with Gasteiger partial charge in [-0.3, -0.25) is 4.99 Å². The monoisotopic (exact) mass is 275 g/mol. The lowest BCUT2D eigenvalue weighted by Crippen LogP contribution is -2.23. The van der Waals surface area contributed by atoms with E-state index in [0.29, 0.717) is 30.6 Å². The Balaban J connectivity index is 1.83. The number of hydrogen-bond donors (Lipinski definition) is 2. The Morgan fingerprint density at radius 1 is 1.40 bits per heavy atom. The smallest absolute Gasteiger partial charge is 0.228 e. The zero-order valence-corrected chi connectivity index (χ0v) is 11.5. The number of aromatic nitrogens is 2. The molecule has 2 rings (SSSR count). The molecule has 1 aromatic heterocycles. The minimum Gasteiger partial charge on any atom is -0.497 e. The second-order valence-electron chi connectivity index (χ2n) is 4.11. The molecular formula is C13H17N5O2. The van der Waals surface area contributed by atoms with Crippen molar-refractivity contribution in [2.24, 2.45) is 10.7 Å². The molecule has 106 valence electrons. The lowest BCUT2D eigenvalue weighted by Gasteiger charge is -2.06. The maximum atomic E-state index is 5.79. The van der Waals surface area contributed by atoms with Gasteiger partial charge in [0.15, 0.2) is 11.8 Å². The van der Waals surface area contributed by atoms with Gasteiger partial charge < -0.3 is 20.3 Å². The summed E-state index contributed by atoms with van der Waals surface area (Å²) < 4.78 is 10.1. The van der Waals surface area contributed by atoms with Gasteiger partial charge in [-0.15, -0.1) is 0 Å². The van der Waals surface area contributed by atoms with Gasteiger partial charge in [-0.1, -0.05) is 5.16 Å². The Bertz CT molecular complexity index is 577. The lowest BCUT2D eigenvalue weighted by molar-refractivity contribution is 0.376. The van der Waals surface area contributed by atoms with E-state index >= 15 is 0 Å². The van der Waals surface area contributed by atoms with Crippen LogP contribution in [0.3, 0.4) is 0 Å². The van der Waals surface area contributed by atoms with E-state index in [4.69, 9.17) is 15.0 Å². The number of ether oxygens (including phenoxy) is 1. The van der Waals surface area contributed by atoms with Gasteiger partial charge >= 0.3 is 0 Å². The Labute approximate surface area is 116 Å². The molecule has 0 aliphatic carbocycles. The van der Waals surface area contributed by atoms with Crippen molar-refractivity contribution in [3.05, 3.63) is 36.0 Å². The van der Waals surface area contributed by atoms with Gasteiger partial charge in [-0.2, -0.15) is 4.98 Å². The van der Waals surface area contributed by atoms with Crippen molar-refractivity contribution < 1.29 is 9.26 Å². The summed E-state index contributed by atoms with van der Waals surface area (Å²) in [4.78, 5) is 8.28. The first-order valence-electron chi connectivity index (χ1n) is 6.17. The molecule has 0 aliphatic heterocycles. The summed E-state index contributed by atoms with van der Waals surface area (Å²) in [5.74, 6) is 2.31. The summed E-state index contributed by atoms with van der Waals surface area (Å²) in [5.41, 5.74) is 6.63. The van der Waals surface area contributed by atoms with Crippen molar-refractivity contribution in [1.82, 2.24) is 10.1 Å². The molecule has 20 heavy (non-hydrogen) atoms. The number of guanidine groups is 1. The number of nitrogens with one attached hydrogen (secondary N) is 1. The van der Waals surface area contributed by atoms with Crippen LogP contribution < -0.4 is 15.8 Å². The summed E-state index contributed by atoms with van der Waals surface area (Å²) in [6.45, 7) is 2.26. The maximum absolute atomic E-state index is 5.79. The molecule has 0 unspecified atom stereocenters. The van der Waals surface area contributed by atoms with Crippen LogP contribution in [-0.4, -0.2) is 29.8 Å². The predicted octanol–water partition coefficient (Wildman–Crippen LogP) is 1.36. The average molecular weight is 275 g/mol. The second-order valence-corrected chi connectivity index (χ2v) is 4.11. The fourth-order valence-corrected chi connectivity index (χ4v) is 1.58. The fourth-order valence-electron chi connectivity index (χ4n) is 1.58. The SMILES string of the molecule is COc1ccc(NC(N)=NCCc2nc(C)no2)cc1. The third kappa shape index (κ3) is 3.98. The molecular weight excluding hydrogens is 258 g/mol. The Morgan fingerprint density at radius 2 is 2.15 bits per heavy atom. The number of anilines is 1. The molecule has 0 saturated heterocycles. The normalized spacial score (nSPS) is 11.4. The molecule has 7 heteroatoms. The standard InChI is InChI=1S/C13H17N5O2/c1-9-16-12(20-18-9)7-8-15-13(14)17-10-3-5-11(19-2)6-4-10/h3-6H,7-8H2,1-2H3,(H3,14,15,17). The molecule has 2 aromatic rings. The highest BCUT2D eigenvalue weighted by Gasteiger charge is 2.01. The van der Waals surface area contributed by atoms with E-state index in [1.807, 2.05) is 24.3 Å². The van der Waals surface area contributed by atoms with Crippen LogP contribution in [0, 0.1) is 6.92 Å². The van der Waals surface area contributed by atoms with E-state index in [-0.39, 0.29) is 0 Å². The van der Waals surface area contributed by atoms with Gasteiger partial charge in [0.05, 0.1) is 13.7 Å². The molecule has 0 fully saturated rings. The highest BCUT2D eigenvalue weighted by atomic mass is 16.5. The minimum atomic E-state index is 0.339. The van der Waals surface area contributed by atoms with E-state index in [1.54, 1.807) is 14.0 Å². The minimum absolute atomic E-state index is 0.339. The largest absolute Gasteiger partial charge is 0.497 e. The van der Waals surface area contributed by atoms with Gasteiger partial charge in [0, 0.05) is 12.1 Å². The third-order valence-corrected chi connectivity index (χ3v) is 2.54. The molecule has 7 nitrogen and oxygen atoms in total. The van der Waals surface area contributed by atoms with E-state index in [9.17, 15) is 0 Å². The molecule has 0 atom stereocenters. The van der Waals surface area contributed by atoms with E-state index in [2.05, 4.69) is 20.4 Å². The quantitative estimate of drug-likeness (QED) is 0.631. The van der Waals surface area contributed by atoms with Crippen LogP contribution >= 0.6 is 0 Å². The van der Waals surface area contributed by atoms with Crippen LogP contribution in [0.1, 0.15) is 11.7 Å². The van der Waals surface area contributed by atoms with Crippen molar-refractivity contribution in [2.45, 2.75) is 13.3 Å². The topological polar surface area (TPSA) is 98.6 Å². The Kier molecular flexibility index (Phi) is 4.54. The van der Waals surface area contributed by atoms with Crippen molar-refractivity contribution >= 4 is 11.6 Å². The molecule has 0 amide bonds. The van der Waals surface area contributed by atoms with Crippen LogP contribution in [0.2, 0.25) is 0 Å². The van der Waals surface area contributed by atoms with Crippen molar-refractivity contribution in [2.75, 3.05) is 19.0 Å². The molecule has 0 aliphatic rings. The average Bonchev–Trinajstić information content (AvgIpc) is 2.85. The summed E-state index contributed by atoms with van der Waals surface area (Å²) in [7, 11) is 1.62. The number of benzene rings is 1. The lowest BCUT2D eigenvalue weighted by atomic mass is 10.3. The van der Waals surface area contributed by atoms with Crippen molar-refractivity contribution in [3.63, 3.8) is 0 Å². The fraction of sp³-hybridized carbons (Fsp3) is 0.308. The molecule has 0 radical (unpaired) electrons. The Morgan fingerprint density at radius 3 is 2.75 bits per heavy atom. The van der Waals surface area contributed by atoms with E-state index in [1.165, 1.54) is 0 Å². The van der Waals surface area contributed by atoms with Crippen LogP contribution in [0.15, 0.2) is 33.8 Å². The summed E-state index contributed by atoms with van der Waals surface area (Å²) in [6, 6.07) is 7.42. The van der Waals surface area contributed by atoms with Gasteiger partial charge in [0.25, 0.3) is 0 Å². The number of rotatable bonds is 5. The van der Waals surface area contributed by atoms with E-state index < -0.39 is 0 Å². The van der Waals surface area contributed by atoms with Gasteiger partial charge in [-0.25, -0.2) is 0 Å². The number of hydrogen-bond acceptors (Lipinski definition) is 5. The number of aliphatic imine (C=N–C) groups is 1. The van der Waals surface area contributed by atoms with Crippen LogP contribution in [0.5, 0.6) is 5.75 Å². The van der Waals surface area contributed by atoms with Crippen molar-refractivity contribution in [1.29, 1.82) is 0 Å². The Hall–Kier alpha value is -2.57. The molecule has 3 N–H and O–H groups in total. The first-order valence-corrected chi connectivity index (χ1v) is 6.17. The third-order valence-electron chi connectivity index (χ3n) is 2.54. The van der Waals surface area contributed by atoms with E-state index in [0.717, 1.165) is 11.4 Å².